The van der Waals surface area contributed by atoms with Crippen LogP contribution in [0.5, 0.6) is 0 Å². The Labute approximate surface area is 246 Å². The molecule has 0 spiro atoms. The predicted octanol–water partition coefficient (Wildman–Crippen LogP) is 10.7. The van der Waals surface area contributed by atoms with Crippen molar-refractivity contribution in [3.8, 4) is 0 Å². The van der Waals surface area contributed by atoms with E-state index in [0.29, 0.717) is 0 Å². The van der Waals surface area contributed by atoms with Gasteiger partial charge in [-0.25, -0.2) is 0 Å². The van der Waals surface area contributed by atoms with Gasteiger partial charge in [0, 0.05) is 13.1 Å². The molecule has 3 nitrogen and oxygen atoms in total. The molecule has 0 amide bonds. The molecule has 4 aromatic carbocycles. The topological polar surface area (TPSA) is 28.0 Å². The standard InChI is InChI=1S/C38H41N3/c1-5-34-29-37(35(6-2)28-36(34)24-20-30-12-10-9-11-13-30)25-21-32-17-14-31(15-18-32)16-19-33-22-26-38(27-23-33)39-40-41(7-3)8-4/h9-29H,5-8H2,1-4H3/b19-16+,24-20+,25-21+,40-39?. The predicted molar refractivity (Wildman–Crippen MR) is 179 cm³/mol. The van der Waals surface area contributed by atoms with E-state index in [9.17, 15) is 0 Å². The van der Waals surface area contributed by atoms with Crippen molar-refractivity contribution < 1.29 is 0 Å². The van der Waals surface area contributed by atoms with Gasteiger partial charge in [-0.05, 0) is 83.3 Å². The molecular weight excluding hydrogens is 498 g/mol. The molecule has 41 heavy (non-hydrogen) atoms. The van der Waals surface area contributed by atoms with E-state index < -0.39 is 0 Å². The van der Waals surface area contributed by atoms with Gasteiger partial charge in [-0.3, -0.25) is 5.01 Å². The Morgan fingerprint density at radius 1 is 0.512 bits per heavy atom. The van der Waals surface area contributed by atoms with Gasteiger partial charge in [0.15, 0.2) is 0 Å². The van der Waals surface area contributed by atoms with Crippen LogP contribution >= 0.6 is 0 Å². The first-order valence-corrected chi connectivity index (χ1v) is 14.7. The molecule has 0 bridgehead atoms. The van der Waals surface area contributed by atoms with E-state index in [1.807, 2.05) is 17.1 Å². The molecule has 0 N–H and O–H groups in total. The summed E-state index contributed by atoms with van der Waals surface area (Å²) in [6.07, 6.45) is 15.2. The highest BCUT2D eigenvalue weighted by Crippen LogP contribution is 2.23. The summed E-state index contributed by atoms with van der Waals surface area (Å²) in [4.78, 5) is 0. The number of nitrogens with zero attached hydrogens (tertiary/aromatic N) is 3. The van der Waals surface area contributed by atoms with Gasteiger partial charge in [-0.2, -0.15) is 0 Å². The zero-order chi connectivity index (χ0) is 28.9. The third kappa shape index (κ3) is 8.74. The number of aryl methyl sites for hydroxylation is 2. The molecule has 0 radical (unpaired) electrons. The van der Waals surface area contributed by atoms with E-state index in [-0.39, 0.29) is 0 Å². The molecule has 0 unspecified atom stereocenters. The van der Waals surface area contributed by atoms with E-state index in [4.69, 9.17) is 0 Å². The van der Waals surface area contributed by atoms with Crippen LogP contribution in [0.2, 0.25) is 0 Å². The Balaban J connectivity index is 1.42. The highest BCUT2D eigenvalue weighted by atomic mass is 15.5. The van der Waals surface area contributed by atoms with Crippen LogP contribution in [0.15, 0.2) is 101 Å². The first kappa shape index (κ1) is 29.5. The van der Waals surface area contributed by atoms with Crippen molar-refractivity contribution in [2.75, 3.05) is 13.1 Å². The lowest BCUT2D eigenvalue weighted by atomic mass is 9.94. The molecule has 208 valence electrons. The molecule has 0 atom stereocenters. The number of hydrogen-bond acceptors (Lipinski definition) is 2. The van der Waals surface area contributed by atoms with Crippen LogP contribution in [-0.2, 0) is 12.8 Å². The Morgan fingerprint density at radius 2 is 0.927 bits per heavy atom. The SMILES string of the molecule is CCc1cc(/C=C/c2ccc(/C=C/c3ccc(N=NN(CC)CC)cc3)cc2)c(CC)cc1/C=C/c1ccccc1. The number of benzene rings is 4. The lowest BCUT2D eigenvalue weighted by Gasteiger charge is -2.11. The second-order valence-electron chi connectivity index (χ2n) is 9.95. The summed E-state index contributed by atoms with van der Waals surface area (Å²) in [5, 5.41) is 10.5. The Morgan fingerprint density at radius 3 is 1.37 bits per heavy atom. The quantitative estimate of drug-likeness (QED) is 0.0999. The fraction of sp³-hybridized carbons (Fsp3) is 0.211. The van der Waals surface area contributed by atoms with Crippen molar-refractivity contribution in [2.45, 2.75) is 40.5 Å². The second kappa shape index (κ2) is 15.3. The minimum Gasteiger partial charge on any atom is -0.279 e. The fourth-order valence-corrected chi connectivity index (χ4v) is 4.61. The van der Waals surface area contributed by atoms with Crippen molar-refractivity contribution in [3.05, 3.63) is 136 Å². The van der Waals surface area contributed by atoms with Gasteiger partial charge in [-0.15, -0.1) is 5.11 Å². The van der Waals surface area contributed by atoms with Gasteiger partial charge in [0.1, 0.15) is 0 Å². The van der Waals surface area contributed by atoms with Crippen molar-refractivity contribution in [2.24, 2.45) is 10.3 Å². The monoisotopic (exact) mass is 539 g/mol. The maximum atomic E-state index is 4.32. The summed E-state index contributed by atoms with van der Waals surface area (Å²) in [6.45, 7) is 10.3. The van der Waals surface area contributed by atoms with E-state index >= 15 is 0 Å². The van der Waals surface area contributed by atoms with E-state index in [0.717, 1.165) is 37.2 Å². The van der Waals surface area contributed by atoms with Crippen LogP contribution in [0, 0.1) is 0 Å². The van der Waals surface area contributed by atoms with Gasteiger partial charge in [0.25, 0.3) is 0 Å². The zero-order valence-electron chi connectivity index (χ0n) is 24.8. The highest BCUT2D eigenvalue weighted by molar-refractivity contribution is 5.77. The molecule has 3 heteroatoms. The van der Waals surface area contributed by atoms with Crippen LogP contribution in [0.25, 0.3) is 36.5 Å². The molecule has 0 aliphatic carbocycles. The normalized spacial score (nSPS) is 11.9. The van der Waals surface area contributed by atoms with Crippen LogP contribution < -0.4 is 0 Å². The Hall–Kier alpha value is -4.50. The molecule has 0 heterocycles. The Kier molecular flexibility index (Phi) is 11.0. The van der Waals surface area contributed by atoms with Gasteiger partial charge < -0.3 is 0 Å². The molecular formula is C38H41N3. The average molecular weight is 540 g/mol. The van der Waals surface area contributed by atoms with E-state index in [2.05, 4.69) is 153 Å². The average Bonchev–Trinajstić information content (AvgIpc) is 3.03. The van der Waals surface area contributed by atoms with Gasteiger partial charge in [0.2, 0.25) is 0 Å². The summed E-state index contributed by atoms with van der Waals surface area (Å²) in [7, 11) is 0. The molecule has 0 aliphatic heterocycles. The fourth-order valence-electron chi connectivity index (χ4n) is 4.61. The molecule has 0 aliphatic rings. The smallest absolute Gasteiger partial charge is 0.0874 e. The van der Waals surface area contributed by atoms with Crippen molar-refractivity contribution >= 4 is 42.1 Å². The number of hydrogen-bond donors (Lipinski definition) is 0. The number of rotatable bonds is 12. The summed E-state index contributed by atoms with van der Waals surface area (Å²) < 4.78 is 0. The molecule has 4 rings (SSSR count). The van der Waals surface area contributed by atoms with E-state index in [1.165, 1.54) is 38.9 Å². The van der Waals surface area contributed by atoms with Gasteiger partial charge in [-0.1, -0.05) is 134 Å². The molecule has 0 fully saturated rings. The summed E-state index contributed by atoms with van der Waals surface area (Å²) in [6, 6.07) is 32.0. The van der Waals surface area contributed by atoms with Crippen LogP contribution in [-0.4, -0.2) is 18.1 Å². The van der Waals surface area contributed by atoms with Crippen molar-refractivity contribution in [3.63, 3.8) is 0 Å². The summed E-state index contributed by atoms with van der Waals surface area (Å²) in [5.41, 5.74) is 10.9. The molecule has 0 saturated carbocycles. The first-order valence-electron chi connectivity index (χ1n) is 14.7. The minimum absolute atomic E-state index is 0.857. The first-order chi connectivity index (χ1) is 20.1. The minimum atomic E-state index is 0.857. The summed E-state index contributed by atoms with van der Waals surface area (Å²) >= 11 is 0. The molecule has 4 aromatic rings. The lowest BCUT2D eigenvalue weighted by molar-refractivity contribution is 0.301. The third-order valence-corrected chi connectivity index (χ3v) is 7.19. The van der Waals surface area contributed by atoms with Crippen molar-refractivity contribution in [1.82, 2.24) is 5.01 Å². The third-order valence-electron chi connectivity index (χ3n) is 7.19. The molecule has 0 saturated heterocycles. The van der Waals surface area contributed by atoms with Crippen LogP contribution in [0.1, 0.15) is 72.2 Å². The highest BCUT2D eigenvalue weighted by Gasteiger charge is 2.05. The molecule has 0 aromatic heterocycles. The van der Waals surface area contributed by atoms with Crippen LogP contribution in [0.4, 0.5) is 5.69 Å². The maximum Gasteiger partial charge on any atom is 0.0874 e. The Bertz CT molecular complexity index is 1490. The van der Waals surface area contributed by atoms with Crippen LogP contribution in [0.3, 0.4) is 0 Å². The largest absolute Gasteiger partial charge is 0.279 e. The maximum absolute atomic E-state index is 4.32. The van der Waals surface area contributed by atoms with Crippen molar-refractivity contribution in [1.29, 1.82) is 0 Å². The summed E-state index contributed by atoms with van der Waals surface area (Å²) in [5.74, 6) is 0. The van der Waals surface area contributed by atoms with Gasteiger partial charge >= 0.3 is 0 Å². The van der Waals surface area contributed by atoms with E-state index in [1.54, 1.807) is 0 Å². The second-order valence-corrected chi connectivity index (χ2v) is 9.95. The lowest BCUT2D eigenvalue weighted by Crippen LogP contribution is -2.14. The zero-order valence-corrected chi connectivity index (χ0v) is 24.8. The van der Waals surface area contributed by atoms with Gasteiger partial charge in [0.05, 0.1) is 5.69 Å².